The van der Waals surface area contributed by atoms with Crippen molar-refractivity contribution in [3.8, 4) is 0 Å². The summed E-state index contributed by atoms with van der Waals surface area (Å²) >= 11 is 0. The molecule has 0 spiro atoms. The zero-order valence-corrected chi connectivity index (χ0v) is 25.3. The van der Waals surface area contributed by atoms with E-state index in [1.807, 2.05) is 13.8 Å². The van der Waals surface area contributed by atoms with Gasteiger partial charge in [0.1, 0.15) is 0 Å². The topological polar surface area (TPSA) is 112 Å². The van der Waals surface area contributed by atoms with Crippen LogP contribution < -0.4 is 0 Å². The summed E-state index contributed by atoms with van der Waals surface area (Å²) < 4.78 is 0. The van der Waals surface area contributed by atoms with E-state index in [-0.39, 0.29) is 53.6 Å². The molecule has 0 rings (SSSR count). The molecule has 0 aliphatic carbocycles. The SMILES string of the molecule is CC(C)CCCCCCC(=O)O.CCCCC(CC)C(=O)O.CCCCC(CC)C(=O)O.[Ce]. The predicted octanol–water partition coefficient (Wildman–Crippen LogP) is 7.64. The normalized spacial score (nSPS) is 11.7. The standard InChI is InChI=1S/C10H20O2.2C8H16O2.Ce/c1-9(2)7-5-3-4-6-8-10(11)12;2*1-3-5-6-7(4-2)8(9)10;/h9H,3-8H2,1-2H3,(H,11,12);2*7H,3-6H2,1-2H3,(H,9,10);. The minimum absolute atomic E-state index is 0. The van der Waals surface area contributed by atoms with E-state index in [0.29, 0.717) is 6.42 Å². The van der Waals surface area contributed by atoms with Crippen molar-refractivity contribution in [1.82, 2.24) is 0 Å². The Morgan fingerprint density at radius 2 is 1.00 bits per heavy atom. The Hall–Kier alpha value is -0.213. The van der Waals surface area contributed by atoms with Crippen LogP contribution in [0.3, 0.4) is 0 Å². The summed E-state index contributed by atoms with van der Waals surface area (Å²) in [5.41, 5.74) is 0. The average molecular weight is 601 g/mol. The van der Waals surface area contributed by atoms with Crippen LogP contribution in [0.1, 0.15) is 131 Å². The summed E-state index contributed by atoms with van der Waals surface area (Å²) in [6, 6.07) is 0. The van der Waals surface area contributed by atoms with Gasteiger partial charge in [-0.3, -0.25) is 14.4 Å². The molecule has 0 fully saturated rings. The van der Waals surface area contributed by atoms with Crippen LogP contribution in [0, 0.1) is 59.5 Å². The van der Waals surface area contributed by atoms with Gasteiger partial charge in [-0.2, -0.15) is 0 Å². The monoisotopic (exact) mass is 600 g/mol. The molecule has 3 N–H and O–H groups in total. The maximum absolute atomic E-state index is 10.4. The molecule has 0 aliphatic rings. The van der Waals surface area contributed by atoms with E-state index in [0.717, 1.165) is 70.1 Å². The van der Waals surface area contributed by atoms with Crippen LogP contribution in [0.4, 0.5) is 0 Å². The Bertz CT molecular complexity index is 428. The molecule has 2 atom stereocenters. The van der Waals surface area contributed by atoms with Crippen LogP contribution in [0.5, 0.6) is 0 Å². The number of unbranched alkanes of at least 4 members (excludes halogenated alkanes) is 5. The summed E-state index contributed by atoms with van der Waals surface area (Å²) in [5, 5.41) is 25.6. The van der Waals surface area contributed by atoms with Crippen molar-refractivity contribution in [2.45, 2.75) is 131 Å². The second kappa shape index (κ2) is 29.8. The Morgan fingerprint density at radius 3 is 1.27 bits per heavy atom. The number of aliphatic carboxylic acids is 3. The van der Waals surface area contributed by atoms with Crippen molar-refractivity contribution in [1.29, 1.82) is 0 Å². The van der Waals surface area contributed by atoms with Gasteiger partial charge in [0, 0.05) is 48.2 Å². The number of hydrogen-bond donors (Lipinski definition) is 3. The van der Waals surface area contributed by atoms with Crippen molar-refractivity contribution in [3.63, 3.8) is 0 Å². The predicted molar refractivity (Wildman–Crippen MR) is 132 cm³/mol. The van der Waals surface area contributed by atoms with Gasteiger partial charge in [-0.25, -0.2) is 0 Å². The van der Waals surface area contributed by atoms with Crippen LogP contribution in [0.15, 0.2) is 0 Å². The van der Waals surface area contributed by atoms with Gasteiger partial charge in [-0.05, 0) is 38.0 Å². The molecule has 196 valence electrons. The maximum atomic E-state index is 10.4. The van der Waals surface area contributed by atoms with E-state index in [1.165, 1.54) is 19.3 Å². The molecule has 0 saturated carbocycles. The fourth-order valence-corrected chi connectivity index (χ4v) is 3.09. The molecule has 0 saturated heterocycles. The maximum Gasteiger partial charge on any atom is 0.306 e. The van der Waals surface area contributed by atoms with Gasteiger partial charge in [0.2, 0.25) is 0 Å². The van der Waals surface area contributed by atoms with Gasteiger partial charge in [0.25, 0.3) is 0 Å². The average Bonchev–Trinajstić information content (AvgIpc) is 2.72. The van der Waals surface area contributed by atoms with Gasteiger partial charge < -0.3 is 15.3 Å². The molecular formula is C26H52CeO6. The first-order valence-electron chi connectivity index (χ1n) is 12.7. The third-order valence-corrected chi connectivity index (χ3v) is 5.42. The van der Waals surface area contributed by atoms with E-state index in [1.54, 1.807) is 0 Å². The second-order valence-corrected chi connectivity index (χ2v) is 8.91. The van der Waals surface area contributed by atoms with Gasteiger partial charge >= 0.3 is 17.9 Å². The minimum atomic E-state index is -0.668. The molecule has 0 radical (unpaired) electrons. The summed E-state index contributed by atoms with van der Waals surface area (Å²) in [6.07, 6.45) is 13.4. The van der Waals surface area contributed by atoms with Crippen LogP contribution in [0.25, 0.3) is 0 Å². The number of rotatable bonds is 17. The summed E-state index contributed by atoms with van der Waals surface area (Å²) in [5.74, 6) is -1.39. The largest absolute Gasteiger partial charge is 0.481 e. The molecule has 6 nitrogen and oxygen atoms in total. The molecule has 0 bridgehead atoms. The Kier molecular flexibility index (Phi) is 36.1. The van der Waals surface area contributed by atoms with Crippen LogP contribution in [-0.2, 0) is 14.4 Å². The molecule has 0 aliphatic heterocycles. The van der Waals surface area contributed by atoms with E-state index < -0.39 is 17.9 Å². The molecule has 0 heterocycles. The van der Waals surface area contributed by atoms with E-state index in [4.69, 9.17) is 15.3 Å². The summed E-state index contributed by atoms with van der Waals surface area (Å²) in [6.45, 7) is 12.4. The summed E-state index contributed by atoms with van der Waals surface area (Å²) in [4.78, 5) is 31.0. The Morgan fingerprint density at radius 1 is 0.606 bits per heavy atom. The smallest absolute Gasteiger partial charge is 0.306 e. The summed E-state index contributed by atoms with van der Waals surface area (Å²) in [7, 11) is 0. The van der Waals surface area contributed by atoms with Crippen molar-refractivity contribution in [3.05, 3.63) is 0 Å². The van der Waals surface area contributed by atoms with Crippen LogP contribution in [0.2, 0.25) is 0 Å². The molecule has 7 heteroatoms. The minimum Gasteiger partial charge on any atom is -0.481 e. The number of hydrogen-bond acceptors (Lipinski definition) is 3. The van der Waals surface area contributed by atoms with Crippen molar-refractivity contribution in [2.75, 3.05) is 0 Å². The molecular weight excluding hydrogens is 548 g/mol. The van der Waals surface area contributed by atoms with Gasteiger partial charge in [0.05, 0.1) is 11.8 Å². The number of carboxylic acid groups (broad SMARTS) is 3. The molecule has 33 heavy (non-hydrogen) atoms. The van der Waals surface area contributed by atoms with E-state index in [2.05, 4.69) is 27.7 Å². The molecule has 0 aromatic heterocycles. The Balaban J connectivity index is -0.000000189. The number of carbonyl (C=O) groups is 3. The Labute approximate surface area is 237 Å². The fourth-order valence-electron chi connectivity index (χ4n) is 3.09. The molecule has 0 amide bonds. The van der Waals surface area contributed by atoms with E-state index >= 15 is 0 Å². The van der Waals surface area contributed by atoms with Crippen molar-refractivity contribution < 1.29 is 71.5 Å². The molecule has 0 aromatic rings. The molecule has 0 aromatic carbocycles. The zero-order chi connectivity index (χ0) is 25.4. The van der Waals surface area contributed by atoms with Gasteiger partial charge in [-0.15, -0.1) is 0 Å². The molecule has 2 unspecified atom stereocenters. The van der Waals surface area contributed by atoms with Gasteiger partial charge in [-0.1, -0.05) is 92.9 Å². The third kappa shape index (κ3) is 34.0. The zero-order valence-electron chi connectivity index (χ0n) is 22.2. The number of carboxylic acids is 3. The van der Waals surface area contributed by atoms with Crippen LogP contribution >= 0.6 is 0 Å². The quantitative estimate of drug-likeness (QED) is 0.148. The van der Waals surface area contributed by atoms with Crippen molar-refractivity contribution in [2.24, 2.45) is 17.8 Å². The first-order valence-corrected chi connectivity index (χ1v) is 12.7. The second-order valence-electron chi connectivity index (χ2n) is 8.91. The fraction of sp³-hybridized carbons (Fsp3) is 0.885. The third-order valence-electron chi connectivity index (χ3n) is 5.42. The first-order chi connectivity index (χ1) is 15.1. The van der Waals surface area contributed by atoms with Crippen molar-refractivity contribution >= 4 is 17.9 Å². The van der Waals surface area contributed by atoms with Crippen LogP contribution in [-0.4, -0.2) is 33.2 Å². The first kappa shape index (κ1) is 40.0. The van der Waals surface area contributed by atoms with E-state index in [9.17, 15) is 14.4 Å². The van der Waals surface area contributed by atoms with Gasteiger partial charge in [0.15, 0.2) is 0 Å².